The smallest absolute Gasteiger partial charge is 0.288 e. The zero-order valence-corrected chi connectivity index (χ0v) is 14.3. The average molecular weight is 447 g/mol. The quantitative estimate of drug-likeness (QED) is 0.322. The maximum absolute atomic E-state index is 13.6. The number of carbonyl (C=O) groups is 1. The van der Waals surface area contributed by atoms with Crippen molar-refractivity contribution in [2.75, 3.05) is 5.32 Å². The van der Waals surface area contributed by atoms with Crippen molar-refractivity contribution in [2.24, 2.45) is 0 Å². The first kappa shape index (κ1) is 17.4. The van der Waals surface area contributed by atoms with Crippen molar-refractivity contribution in [3.8, 4) is 0 Å². The predicted octanol–water partition coefficient (Wildman–Crippen LogP) is 4.64. The zero-order chi connectivity index (χ0) is 17.0. The highest BCUT2D eigenvalue weighted by Crippen LogP contribution is 2.25. The molecule has 2 aromatic rings. The molecule has 0 spiro atoms. The van der Waals surface area contributed by atoms with Gasteiger partial charge in [-0.1, -0.05) is 17.7 Å². The van der Waals surface area contributed by atoms with Crippen molar-refractivity contribution >= 4 is 57.5 Å². The highest BCUT2D eigenvalue weighted by molar-refractivity contribution is 14.1. The van der Waals surface area contributed by atoms with Crippen LogP contribution in [-0.2, 0) is 4.79 Å². The predicted molar refractivity (Wildman–Crippen MR) is 94.9 cm³/mol. The molecule has 1 amide bonds. The Bertz CT molecular complexity index is 811. The number of nitro benzene ring substituents is 1. The summed E-state index contributed by atoms with van der Waals surface area (Å²) in [5, 5.41) is 13.2. The first-order valence-corrected chi connectivity index (χ1v) is 7.70. The first-order chi connectivity index (χ1) is 10.9. The van der Waals surface area contributed by atoms with Crippen LogP contribution in [0.4, 0.5) is 15.8 Å². The summed E-state index contributed by atoms with van der Waals surface area (Å²) in [6.45, 7) is 0. The van der Waals surface area contributed by atoms with Crippen LogP contribution in [0.15, 0.2) is 42.5 Å². The lowest BCUT2D eigenvalue weighted by Gasteiger charge is -2.04. The molecule has 23 heavy (non-hydrogen) atoms. The second-order valence-electron chi connectivity index (χ2n) is 4.41. The molecule has 0 unspecified atom stereocenters. The minimum Gasteiger partial charge on any atom is -0.320 e. The van der Waals surface area contributed by atoms with Crippen LogP contribution < -0.4 is 5.32 Å². The van der Waals surface area contributed by atoms with Crippen molar-refractivity contribution in [3.05, 3.63) is 72.6 Å². The summed E-state index contributed by atoms with van der Waals surface area (Å²) in [6, 6.07) is 8.56. The minimum atomic E-state index is -0.610. The van der Waals surface area contributed by atoms with Crippen molar-refractivity contribution in [1.29, 1.82) is 0 Å². The zero-order valence-electron chi connectivity index (χ0n) is 11.4. The third-order valence-corrected chi connectivity index (χ3v) is 3.77. The lowest BCUT2D eigenvalue weighted by molar-refractivity contribution is -0.384. The Balaban J connectivity index is 2.12. The van der Waals surface area contributed by atoms with Crippen molar-refractivity contribution in [1.82, 2.24) is 0 Å². The van der Waals surface area contributed by atoms with Crippen molar-refractivity contribution < 1.29 is 14.1 Å². The fourth-order valence-corrected chi connectivity index (χ4v) is 2.35. The van der Waals surface area contributed by atoms with Crippen LogP contribution in [-0.4, -0.2) is 10.8 Å². The normalized spacial score (nSPS) is 10.7. The molecule has 0 aliphatic heterocycles. The number of rotatable bonds is 4. The van der Waals surface area contributed by atoms with Crippen LogP contribution in [0, 0.1) is 19.5 Å². The van der Waals surface area contributed by atoms with Gasteiger partial charge in [-0.15, -0.1) is 0 Å². The van der Waals surface area contributed by atoms with E-state index in [1.165, 1.54) is 36.4 Å². The van der Waals surface area contributed by atoms with E-state index < -0.39 is 16.6 Å². The molecule has 0 aromatic heterocycles. The highest BCUT2D eigenvalue weighted by Gasteiger charge is 2.12. The number of nitro groups is 1. The Labute approximate surface area is 149 Å². The van der Waals surface area contributed by atoms with Gasteiger partial charge in [0.05, 0.1) is 10.6 Å². The van der Waals surface area contributed by atoms with Gasteiger partial charge in [-0.05, 0) is 58.5 Å². The van der Waals surface area contributed by atoms with Crippen LogP contribution in [0.3, 0.4) is 0 Å². The van der Waals surface area contributed by atoms with E-state index in [4.69, 9.17) is 11.6 Å². The van der Waals surface area contributed by atoms with E-state index in [0.717, 1.165) is 6.08 Å². The number of hydrogen-bond donors (Lipinski definition) is 1. The van der Waals surface area contributed by atoms with Crippen LogP contribution in [0.5, 0.6) is 0 Å². The second-order valence-corrected chi connectivity index (χ2v) is 6.07. The fraction of sp³-hybridized carbons (Fsp3) is 0. The van der Waals surface area contributed by atoms with Crippen LogP contribution >= 0.6 is 34.2 Å². The number of benzene rings is 2. The number of amides is 1. The van der Waals surface area contributed by atoms with E-state index in [0.29, 0.717) is 9.13 Å². The van der Waals surface area contributed by atoms with Crippen LogP contribution in [0.1, 0.15) is 5.56 Å². The number of anilines is 1. The van der Waals surface area contributed by atoms with Gasteiger partial charge in [0.2, 0.25) is 5.91 Å². The van der Waals surface area contributed by atoms with Gasteiger partial charge in [0.25, 0.3) is 5.69 Å². The van der Waals surface area contributed by atoms with Gasteiger partial charge in [-0.3, -0.25) is 14.9 Å². The number of nitrogens with zero attached hydrogens (tertiary/aromatic N) is 1. The molecule has 0 aliphatic carbocycles. The van der Waals surface area contributed by atoms with Gasteiger partial charge >= 0.3 is 0 Å². The summed E-state index contributed by atoms with van der Waals surface area (Å²) in [7, 11) is 0. The summed E-state index contributed by atoms with van der Waals surface area (Å²) in [6.07, 6.45) is 2.54. The fourth-order valence-electron chi connectivity index (χ4n) is 1.71. The van der Waals surface area contributed by atoms with Crippen LogP contribution in [0.2, 0.25) is 5.02 Å². The second kappa shape index (κ2) is 7.51. The molecular formula is C15H9ClFIN2O3. The van der Waals surface area contributed by atoms with Gasteiger partial charge in [0.15, 0.2) is 0 Å². The Morgan fingerprint density at radius 1 is 1.30 bits per heavy atom. The molecule has 0 heterocycles. The Morgan fingerprint density at radius 2 is 2.04 bits per heavy atom. The maximum atomic E-state index is 13.6. The number of hydrogen-bond acceptors (Lipinski definition) is 3. The molecule has 2 aromatic carbocycles. The van der Waals surface area contributed by atoms with E-state index in [1.807, 2.05) is 22.6 Å². The minimum absolute atomic E-state index is 0.0116. The summed E-state index contributed by atoms with van der Waals surface area (Å²) in [4.78, 5) is 22.0. The molecule has 8 heteroatoms. The van der Waals surface area contributed by atoms with Gasteiger partial charge in [-0.2, -0.15) is 0 Å². The Morgan fingerprint density at radius 3 is 2.70 bits per heavy atom. The Hall–Kier alpha value is -2.00. The van der Waals surface area contributed by atoms with Gasteiger partial charge in [0, 0.05) is 15.7 Å². The number of carbonyl (C=O) groups excluding carboxylic acids is 1. The van der Waals surface area contributed by atoms with E-state index in [9.17, 15) is 19.3 Å². The van der Waals surface area contributed by atoms with E-state index in [1.54, 1.807) is 6.07 Å². The van der Waals surface area contributed by atoms with E-state index >= 15 is 0 Å². The van der Waals surface area contributed by atoms with Crippen molar-refractivity contribution in [2.45, 2.75) is 0 Å². The van der Waals surface area contributed by atoms with E-state index in [-0.39, 0.29) is 16.4 Å². The molecule has 0 radical (unpaired) electrons. The molecule has 0 bridgehead atoms. The molecule has 118 valence electrons. The summed E-state index contributed by atoms with van der Waals surface area (Å²) in [5.74, 6) is -1.09. The molecule has 0 fully saturated rings. The Kier molecular flexibility index (Phi) is 5.67. The third-order valence-electron chi connectivity index (χ3n) is 2.78. The van der Waals surface area contributed by atoms with Crippen LogP contribution in [0.25, 0.3) is 6.08 Å². The molecule has 2 rings (SSSR count). The topological polar surface area (TPSA) is 72.2 Å². The summed E-state index contributed by atoms with van der Waals surface area (Å²) < 4.78 is 14.3. The van der Waals surface area contributed by atoms with Gasteiger partial charge in [0.1, 0.15) is 10.8 Å². The summed E-state index contributed by atoms with van der Waals surface area (Å²) >= 11 is 7.66. The number of nitrogens with one attached hydrogen (secondary N) is 1. The third kappa shape index (κ3) is 4.73. The largest absolute Gasteiger partial charge is 0.320 e. The first-order valence-electron chi connectivity index (χ1n) is 6.25. The van der Waals surface area contributed by atoms with Gasteiger partial charge in [-0.25, -0.2) is 4.39 Å². The number of halogens is 3. The van der Waals surface area contributed by atoms with Crippen molar-refractivity contribution in [3.63, 3.8) is 0 Å². The molecular weight excluding hydrogens is 438 g/mol. The van der Waals surface area contributed by atoms with E-state index in [2.05, 4.69) is 5.32 Å². The molecule has 5 nitrogen and oxygen atoms in total. The monoisotopic (exact) mass is 446 g/mol. The standard InChI is InChI=1S/C15H9ClFIN2O3/c16-11-4-1-9(7-14(11)20(22)23)2-6-15(21)19-13-5-3-10(18)8-12(13)17/h1-8H,(H,19,21)/b6-2+. The molecule has 0 aliphatic rings. The molecule has 0 atom stereocenters. The SMILES string of the molecule is O=C(/C=C/c1ccc(Cl)c([N+](=O)[O-])c1)Nc1ccc(I)cc1F. The molecule has 0 saturated carbocycles. The maximum Gasteiger partial charge on any atom is 0.288 e. The lowest BCUT2D eigenvalue weighted by atomic mass is 10.2. The highest BCUT2D eigenvalue weighted by atomic mass is 127. The lowest BCUT2D eigenvalue weighted by Crippen LogP contribution is -2.09. The molecule has 1 N–H and O–H groups in total. The van der Waals surface area contributed by atoms with Gasteiger partial charge < -0.3 is 5.32 Å². The molecule has 0 saturated heterocycles. The summed E-state index contributed by atoms with van der Waals surface area (Å²) in [5.41, 5.74) is 0.236. The average Bonchev–Trinajstić information content (AvgIpc) is 2.49.